The predicted octanol–water partition coefficient (Wildman–Crippen LogP) is 3.60. The van der Waals surface area contributed by atoms with Crippen LogP contribution in [0.25, 0.3) is 0 Å². The Bertz CT molecular complexity index is 1050. The molecule has 2 aromatic carbocycles. The van der Waals surface area contributed by atoms with Gasteiger partial charge in [0.25, 0.3) is 5.91 Å². The molecule has 0 N–H and O–H groups in total. The van der Waals surface area contributed by atoms with Crippen molar-refractivity contribution in [1.82, 2.24) is 14.7 Å². The molecule has 0 saturated carbocycles. The van der Waals surface area contributed by atoms with E-state index in [2.05, 4.69) is 59.5 Å². The lowest BCUT2D eigenvalue weighted by Gasteiger charge is -2.40. The lowest BCUT2D eigenvalue weighted by molar-refractivity contribution is -0.149. The maximum absolute atomic E-state index is 13.2. The van der Waals surface area contributed by atoms with Crippen molar-refractivity contribution in [2.45, 2.75) is 25.8 Å². The van der Waals surface area contributed by atoms with Gasteiger partial charge in [-0.3, -0.25) is 14.5 Å². The fourth-order valence-electron chi connectivity index (χ4n) is 5.13. The van der Waals surface area contributed by atoms with Crippen molar-refractivity contribution in [3.8, 4) is 6.07 Å². The Morgan fingerprint density at radius 3 is 2.17 bits per heavy atom. The summed E-state index contributed by atoms with van der Waals surface area (Å²) in [4.78, 5) is 31.5. The van der Waals surface area contributed by atoms with Crippen molar-refractivity contribution >= 4 is 11.9 Å². The Labute approximate surface area is 213 Å². The molecule has 0 spiro atoms. The van der Waals surface area contributed by atoms with Crippen LogP contribution in [0.5, 0.6) is 0 Å². The van der Waals surface area contributed by atoms with E-state index in [1.807, 2.05) is 17.0 Å². The molecular weight excluding hydrogens is 452 g/mol. The average Bonchev–Trinajstić information content (AvgIpc) is 2.93. The van der Waals surface area contributed by atoms with Crippen LogP contribution in [0.1, 0.15) is 36.9 Å². The summed E-state index contributed by atoms with van der Waals surface area (Å²) in [5.41, 5.74) is 2.57. The second kappa shape index (κ2) is 12.4. The Morgan fingerprint density at radius 1 is 1.00 bits per heavy atom. The monoisotopic (exact) mass is 486 g/mol. The second-order valence-electron chi connectivity index (χ2n) is 9.29. The minimum atomic E-state index is -0.244. The number of rotatable bonds is 7. The van der Waals surface area contributed by atoms with E-state index in [0.29, 0.717) is 39.3 Å². The van der Waals surface area contributed by atoms with E-state index in [1.165, 1.54) is 11.1 Å². The number of likely N-dealkylation sites (tertiary alicyclic amines) is 1. The summed E-state index contributed by atoms with van der Waals surface area (Å²) >= 11 is 0. The van der Waals surface area contributed by atoms with Gasteiger partial charge in [-0.25, -0.2) is 0 Å². The first-order valence-corrected chi connectivity index (χ1v) is 12.8. The van der Waals surface area contributed by atoms with Crippen molar-refractivity contribution in [1.29, 1.82) is 5.26 Å². The highest BCUT2D eigenvalue weighted by Gasteiger charge is 2.30. The molecule has 0 bridgehead atoms. The molecule has 2 fully saturated rings. The molecule has 0 aromatic heterocycles. The summed E-state index contributed by atoms with van der Waals surface area (Å²) < 4.78 is 5.17. The van der Waals surface area contributed by atoms with Crippen LogP contribution >= 0.6 is 0 Å². The van der Waals surface area contributed by atoms with Crippen molar-refractivity contribution in [3.63, 3.8) is 0 Å². The van der Waals surface area contributed by atoms with Crippen LogP contribution in [-0.4, -0.2) is 72.5 Å². The lowest BCUT2D eigenvalue weighted by atomic mass is 9.96. The van der Waals surface area contributed by atoms with Crippen LogP contribution in [0.2, 0.25) is 0 Å². The summed E-state index contributed by atoms with van der Waals surface area (Å²) in [6.45, 7) is 5.89. The molecule has 1 atom stereocenters. The van der Waals surface area contributed by atoms with Gasteiger partial charge in [0.15, 0.2) is 0 Å². The van der Waals surface area contributed by atoms with Gasteiger partial charge < -0.3 is 14.5 Å². The molecule has 4 rings (SSSR count). The number of amides is 1. The molecule has 36 heavy (non-hydrogen) atoms. The minimum Gasteiger partial charge on any atom is -0.466 e. The number of hydrogen-bond acceptors (Lipinski definition) is 6. The molecule has 7 nitrogen and oxygen atoms in total. The van der Waals surface area contributed by atoms with Crippen molar-refractivity contribution in [2.24, 2.45) is 5.92 Å². The van der Waals surface area contributed by atoms with Crippen molar-refractivity contribution in [2.75, 3.05) is 45.9 Å². The third-order valence-corrected chi connectivity index (χ3v) is 6.93. The molecule has 2 aliphatic heterocycles. The van der Waals surface area contributed by atoms with Crippen LogP contribution in [0.3, 0.4) is 0 Å². The number of nitriles is 1. The van der Waals surface area contributed by atoms with Gasteiger partial charge in [0.2, 0.25) is 0 Å². The number of esters is 1. The highest BCUT2D eigenvalue weighted by atomic mass is 16.5. The van der Waals surface area contributed by atoms with E-state index < -0.39 is 0 Å². The van der Waals surface area contributed by atoms with Gasteiger partial charge in [0.05, 0.1) is 18.6 Å². The lowest BCUT2D eigenvalue weighted by Crippen LogP contribution is -2.50. The molecule has 1 amide bonds. The van der Waals surface area contributed by atoms with Crippen LogP contribution in [0.4, 0.5) is 0 Å². The van der Waals surface area contributed by atoms with Crippen molar-refractivity contribution < 1.29 is 14.3 Å². The highest BCUT2D eigenvalue weighted by molar-refractivity contribution is 5.97. The molecule has 2 saturated heterocycles. The zero-order chi connectivity index (χ0) is 25.3. The number of nitrogens with zero attached hydrogens (tertiary/aromatic N) is 4. The van der Waals surface area contributed by atoms with Crippen molar-refractivity contribution in [3.05, 3.63) is 83.6 Å². The van der Waals surface area contributed by atoms with E-state index in [9.17, 15) is 14.9 Å². The van der Waals surface area contributed by atoms with Gasteiger partial charge in [0, 0.05) is 45.5 Å². The van der Waals surface area contributed by atoms with E-state index in [-0.39, 0.29) is 29.4 Å². The van der Waals surface area contributed by atoms with E-state index in [4.69, 9.17) is 4.74 Å². The van der Waals surface area contributed by atoms with Gasteiger partial charge in [-0.1, -0.05) is 60.7 Å². The fourth-order valence-corrected chi connectivity index (χ4v) is 5.13. The number of piperidine rings is 1. The standard InChI is InChI=1S/C29H34N4O3/c1-2-36-29(35)25-14-9-15-31(21-25)22-26(20-30)28(34)33-18-16-32(17-19-33)27(23-10-5-3-6-11-23)24-12-7-4-8-13-24/h3-8,10-13,22,25,27H,2,9,14-19,21H2,1H3/b26-22-. The normalized spacial score (nSPS) is 19.1. The third kappa shape index (κ3) is 6.13. The highest BCUT2D eigenvalue weighted by Crippen LogP contribution is 2.29. The Hall–Kier alpha value is -3.63. The number of carbonyl (C=O) groups is 2. The minimum absolute atomic E-state index is 0.115. The first kappa shape index (κ1) is 25.5. The number of hydrogen-bond donors (Lipinski definition) is 0. The maximum Gasteiger partial charge on any atom is 0.310 e. The number of benzene rings is 2. The van der Waals surface area contributed by atoms with Crippen LogP contribution < -0.4 is 0 Å². The zero-order valence-electron chi connectivity index (χ0n) is 20.9. The summed E-state index contributed by atoms with van der Waals surface area (Å²) in [5, 5.41) is 9.76. The first-order chi connectivity index (χ1) is 17.6. The molecule has 2 aliphatic rings. The average molecular weight is 487 g/mol. The number of piperazine rings is 1. The third-order valence-electron chi connectivity index (χ3n) is 6.93. The topological polar surface area (TPSA) is 76.9 Å². The van der Waals surface area contributed by atoms with Crippen LogP contribution in [-0.2, 0) is 14.3 Å². The van der Waals surface area contributed by atoms with E-state index in [0.717, 1.165) is 19.4 Å². The maximum atomic E-state index is 13.2. The first-order valence-electron chi connectivity index (χ1n) is 12.8. The molecule has 0 radical (unpaired) electrons. The summed E-state index contributed by atoms with van der Waals surface area (Å²) in [5.74, 6) is -0.671. The van der Waals surface area contributed by atoms with Gasteiger partial charge >= 0.3 is 5.97 Å². The van der Waals surface area contributed by atoms with Gasteiger partial charge in [-0.05, 0) is 30.9 Å². The van der Waals surface area contributed by atoms with E-state index >= 15 is 0 Å². The number of carbonyl (C=O) groups excluding carboxylic acids is 2. The molecule has 2 aromatic rings. The summed E-state index contributed by atoms with van der Waals surface area (Å²) in [6.07, 6.45) is 3.23. The van der Waals surface area contributed by atoms with Crippen LogP contribution in [0, 0.1) is 17.2 Å². The molecular formula is C29H34N4O3. The van der Waals surface area contributed by atoms with Gasteiger partial charge in [-0.15, -0.1) is 0 Å². The molecule has 7 heteroatoms. The second-order valence-corrected chi connectivity index (χ2v) is 9.29. The summed E-state index contributed by atoms with van der Waals surface area (Å²) in [6, 6.07) is 23.1. The fraction of sp³-hybridized carbons (Fsp3) is 0.414. The molecule has 2 heterocycles. The van der Waals surface area contributed by atoms with Gasteiger partial charge in [0.1, 0.15) is 11.6 Å². The van der Waals surface area contributed by atoms with Gasteiger partial charge in [-0.2, -0.15) is 5.26 Å². The Kier molecular flexibility index (Phi) is 8.75. The quantitative estimate of drug-likeness (QED) is 0.338. The Balaban J connectivity index is 1.42. The number of ether oxygens (including phenoxy) is 1. The molecule has 188 valence electrons. The smallest absolute Gasteiger partial charge is 0.310 e. The largest absolute Gasteiger partial charge is 0.466 e. The SMILES string of the molecule is CCOC(=O)C1CCCN(/C=C(/C#N)C(=O)N2CCN(C(c3ccccc3)c3ccccc3)CC2)C1. The van der Waals surface area contributed by atoms with E-state index in [1.54, 1.807) is 18.0 Å². The molecule has 0 aliphatic carbocycles. The Morgan fingerprint density at radius 2 is 1.61 bits per heavy atom. The summed E-state index contributed by atoms with van der Waals surface area (Å²) in [7, 11) is 0. The molecule has 1 unspecified atom stereocenters. The predicted molar refractivity (Wildman–Crippen MR) is 138 cm³/mol. The zero-order valence-corrected chi connectivity index (χ0v) is 20.9. The van der Waals surface area contributed by atoms with Crippen LogP contribution in [0.15, 0.2) is 72.4 Å².